The highest BCUT2D eigenvalue weighted by atomic mass is 79.9. The van der Waals surface area contributed by atoms with Crippen LogP contribution in [0.4, 0.5) is 0 Å². The third kappa shape index (κ3) is 4.12. The molecule has 1 aromatic heterocycles. The number of hydrogen-bond acceptors (Lipinski definition) is 3. The van der Waals surface area contributed by atoms with Gasteiger partial charge in [0.25, 0.3) is 0 Å². The second-order valence-electron chi connectivity index (χ2n) is 4.71. The first-order valence-electron chi connectivity index (χ1n) is 6.54. The van der Waals surface area contributed by atoms with Crippen LogP contribution in [0.25, 0.3) is 0 Å². The number of benzene rings is 1. The Labute approximate surface area is 134 Å². The van der Waals surface area contributed by atoms with Crippen molar-refractivity contribution in [1.82, 2.24) is 9.29 Å². The molecule has 2 aromatic rings. The topological polar surface area (TPSA) is 50.3 Å². The van der Waals surface area contributed by atoms with Gasteiger partial charge in [-0.3, -0.25) is 4.98 Å². The van der Waals surface area contributed by atoms with E-state index >= 15 is 0 Å². The maximum absolute atomic E-state index is 12.5. The molecule has 0 aliphatic rings. The molecule has 0 unspecified atom stereocenters. The normalized spacial score (nSPS) is 11.8. The lowest BCUT2D eigenvalue weighted by molar-refractivity contribution is 0.472. The number of likely N-dealkylation sites (N-methyl/N-ethyl adjacent to an activating group) is 1. The van der Waals surface area contributed by atoms with Gasteiger partial charge in [0, 0.05) is 31.3 Å². The molecule has 0 spiro atoms. The van der Waals surface area contributed by atoms with Crippen molar-refractivity contribution >= 4 is 26.0 Å². The van der Waals surface area contributed by atoms with E-state index in [0.717, 1.165) is 11.1 Å². The van der Waals surface area contributed by atoms with Crippen LogP contribution in [0.5, 0.6) is 0 Å². The standard InChI is InChI=1S/C15H17BrN2O2S/c1-18(11-8-13-6-9-17-10-7-13)21(19,20)15-4-2-14(12-16)3-5-15/h2-7,9-10H,8,11-12H2,1H3. The van der Waals surface area contributed by atoms with E-state index in [2.05, 4.69) is 20.9 Å². The Morgan fingerprint density at radius 3 is 2.24 bits per heavy atom. The van der Waals surface area contributed by atoms with Crippen molar-refractivity contribution in [3.8, 4) is 0 Å². The van der Waals surface area contributed by atoms with E-state index in [4.69, 9.17) is 0 Å². The fourth-order valence-corrected chi connectivity index (χ4v) is 3.43. The number of sulfonamides is 1. The Morgan fingerprint density at radius 1 is 1.05 bits per heavy atom. The van der Waals surface area contributed by atoms with Gasteiger partial charge in [-0.1, -0.05) is 28.1 Å². The summed E-state index contributed by atoms with van der Waals surface area (Å²) in [4.78, 5) is 4.27. The van der Waals surface area contributed by atoms with Crippen molar-refractivity contribution < 1.29 is 8.42 Å². The maximum Gasteiger partial charge on any atom is 0.242 e. The van der Waals surface area contributed by atoms with Crippen molar-refractivity contribution in [2.45, 2.75) is 16.6 Å². The van der Waals surface area contributed by atoms with Gasteiger partial charge < -0.3 is 0 Å². The minimum Gasteiger partial charge on any atom is -0.265 e. The summed E-state index contributed by atoms with van der Waals surface area (Å²) < 4.78 is 26.3. The third-order valence-electron chi connectivity index (χ3n) is 3.25. The number of rotatable bonds is 6. The van der Waals surface area contributed by atoms with Crippen LogP contribution in [0.15, 0.2) is 53.7 Å². The highest BCUT2D eigenvalue weighted by Crippen LogP contribution is 2.16. The molecule has 1 heterocycles. The average molecular weight is 369 g/mol. The van der Waals surface area contributed by atoms with Crippen molar-refractivity contribution in [3.63, 3.8) is 0 Å². The van der Waals surface area contributed by atoms with Crippen LogP contribution in [-0.4, -0.2) is 31.3 Å². The summed E-state index contributed by atoms with van der Waals surface area (Å²) in [6, 6.07) is 10.7. The molecule has 1 aromatic carbocycles. The average Bonchev–Trinajstić information content (AvgIpc) is 2.53. The van der Waals surface area contributed by atoms with Crippen LogP contribution in [0.3, 0.4) is 0 Å². The molecule has 0 amide bonds. The van der Waals surface area contributed by atoms with Gasteiger partial charge in [0.15, 0.2) is 0 Å². The van der Waals surface area contributed by atoms with E-state index < -0.39 is 10.0 Å². The molecule has 0 radical (unpaired) electrons. The molecule has 0 saturated carbocycles. The number of nitrogens with zero attached hydrogens (tertiary/aromatic N) is 2. The zero-order chi connectivity index (χ0) is 15.3. The number of pyridine rings is 1. The largest absolute Gasteiger partial charge is 0.265 e. The van der Waals surface area contributed by atoms with Crippen molar-refractivity contribution in [2.75, 3.05) is 13.6 Å². The van der Waals surface area contributed by atoms with E-state index in [-0.39, 0.29) is 0 Å². The van der Waals surface area contributed by atoms with Crippen molar-refractivity contribution in [1.29, 1.82) is 0 Å². The number of hydrogen-bond donors (Lipinski definition) is 0. The minimum atomic E-state index is -3.43. The molecule has 0 fully saturated rings. The number of aromatic nitrogens is 1. The van der Waals surface area contributed by atoms with E-state index in [1.807, 2.05) is 24.3 Å². The molecule has 0 atom stereocenters. The lowest BCUT2D eigenvalue weighted by Crippen LogP contribution is -2.29. The van der Waals surface area contributed by atoms with Crippen LogP contribution < -0.4 is 0 Å². The van der Waals surface area contributed by atoms with Crippen molar-refractivity contribution in [2.24, 2.45) is 0 Å². The molecule has 0 aliphatic heterocycles. The molecule has 4 nitrogen and oxygen atoms in total. The molecule has 112 valence electrons. The molecular weight excluding hydrogens is 352 g/mol. The lowest BCUT2D eigenvalue weighted by Gasteiger charge is -2.17. The monoisotopic (exact) mass is 368 g/mol. The molecule has 0 aliphatic carbocycles. The van der Waals surface area contributed by atoms with Crippen LogP contribution in [0, 0.1) is 0 Å². The van der Waals surface area contributed by atoms with Gasteiger partial charge in [-0.05, 0) is 41.8 Å². The van der Waals surface area contributed by atoms with Gasteiger partial charge in [0.05, 0.1) is 4.90 Å². The van der Waals surface area contributed by atoms with Gasteiger partial charge >= 0.3 is 0 Å². The molecule has 2 rings (SSSR count). The summed E-state index contributed by atoms with van der Waals surface area (Å²) in [6.07, 6.45) is 4.09. The van der Waals surface area contributed by atoms with Gasteiger partial charge in [0.1, 0.15) is 0 Å². The van der Waals surface area contributed by atoms with E-state index in [9.17, 15) is 8.42 Å². The predicted octanol–water partition coefficient (Wildman–Crippen LogP) is 2.84. The predicted molar refractivity (Wildman–Crippen MR) is 86.8 cm³/mol. The summed E-state index contributed by atoms with van der Waals surface area (Å²) in [7, 11) is -1.83. The van der Waals surface area contributed by atoms with Gasteiger partial charge in [-0.15, -0.1) is 0 Å². The lowest BCUT2D eigenvalue weighted by atomic mass is 10.2. The maximum atomic E-state index is 12.5. The van der Waals surface area contributed by atoms with Gasteiger partial charge in [0.2, 0.25) is 10.0 Å². The molecule has 0 bridgehead atoms. The fourth-order valence-electron chi connectivity index (χ4n) is 1.89. The quantitative estimate of drug-likeness (QED) is 0.736. The van der Waals surface area contributed by atoms with Gasteiger partial charge in [-0.2, -0.15) is 0 Å². The number of halogens is 1. The Balaban J connectivity index is 2.07. The van der Waals surface area contributed by atoms with Crippen LogP contribution in [-0.2, 0) is 21.8 Å². The highest BCUT2D eigenvalue weighted by Gasteiger charge is 2.20. The van der Waals surface area contributed by atoms with E-state index in [0.29, 0.717) is 23.2 Å². The van der Waals surface area contributed by atoms with Crippen molar-refractivity contribution in [3.05, 3.63) is 59.9 Å². The Morgan fingerprint density at radius 2 is 1.67 bits per heavy atom. The first-order chi connectivity index (χ1) is 10.0. The first kappa shape index (κ1) is 16.1. The van der Waals surface area contributed by atoms with Crippen LogP contribution >= 0.6 is 15.9 Å². The minimum absolute atomic E-state index is 0.324. The van der Waals surface area contributed by atoms with Crippen LogP contribution in [0.1, 0.15) is 11.1 Å². The molecule has 21 heavy (non-hydrogen) atoms. The molecule has 0 saturated heterocycles. The first-order valence-corrected chi connectivity index (χ1v) is 9.10. The second-order valence-corrected chi connectivity index (χ2v) is 7.32. The Kier molecular flexibility index (Phi) is 5.50. The summed E-state index contributed by atoms with van der Waals surface area (Å²) in [6.45, 7) is 0.437. The second kappa shape index (κ2) is 7.15. The van der Waals surface area contributed by atoms with E-state index in [1.165, 1.54) is 4.31 Å². The fraction of sp³-hybridized carbons (Fsp3) is 0.267. The zero-order valence-electron chi connectivity index (χ0n) is 11.7. The zero-order valence-corrected chi connectivity index (χ0v) is 14.1. The summed E-state index contributed by atoms with van der Waals surface area (Å²) >= 11 is 3.35. The van der Waals surface area contributed by atoms with E-state index in [1.54, 1.807) is 31.6 Å². The highest BCUT2D eigenvalue weighted by molar-refractivity contribution is 9.08. The molecule has 0 N–H and O–H groups in total. The smallest absolute Gasteiger partial charge is 0.242 e. The van der Waals surface area contributed by atoms with Gasteiger partial charge in [-0.25, -0.2) is 12.7 Å². The summed E-state index contributed by atoms with van der Waals surface area (Å²) in [5, 5.41) is 0.714. The molecule has 6 heteroatoms. The summed E-state index contributed by atoms with van der Waals surface area (Å²) in [5.41, 5.74) is 2.12. The summed E-state index contributed by atoms with van der Waals surface area (Å²) in [5.74, 6) is 0. The number of alkyl halides is 1. The Hall–Kier alpha value is -1.24. The Bertz CT molecular complexity index is 673. The van der Waals surface area contributed by atoms with Crippen LogP contribution in [0.2, 0.25) is 0 Å². The SMILES string of the molecule is CN(CCc1ccncc1)S(=O)(=O)c1ccc(CBr)cc1. The third-order valence-corrected chi connectivity index (χ3v) is 5.77. The molecular formula is C15H17BrN2O2S.